The van der Waals surface area contributed by atoms with Gasteiger partial charge in [0.1, 0.15) is 0 Å². The van der Waals surface area contributed by atoms with E-state index < -0.39 is 5.41 Å². The van der Waals surface area contributed by atoms with E-state index >= 15 is 0 Å². The van der Waals surface area contributed by atoms with Gasteiger partial charge < -0.3 is 9.47 Å². The zero-order valence-corrected chi connectivity index (χ0v) is 35.1. The van der Waals surface area contributed by atoms with Crippen LogP contribution >= 0.6 is 0 Å². The third kappa shape index (κ3) is 22.8. The maximum Gasteiger partial charge on any atom is 0.312 e. The Labute approximate surface area is 314 Å². The molecule has 4 nitrogen and oxygen atoms in total. The summed E-state index contributed by atoms with van der Waals surface area (Å²) in [4.78, 5) is 28.3. The Morgan fingerprint density at radius 2 is 0.700 bits per heavy atom. The molecule has 50 heavy (non-hydrogen) atoms. The van der Waals surface area contributed by atoms with Crippen LogP contribution in [-0.4, -0.2) is 25.2 Å². The minimum absolute atomic E-state index is 0.0605. The van der Waals surface area contributed by atoms with Gasteiger partial charge in [0, 0.05) is 6.42 Å². The number of unbranched alkanes of at least 4 members (excludes halogenated alkanes) is 22. The normalized spacial score (nSPS) is 12.0. The van der Waals surface area contributed by atoms with E-state index in [4.69, 9.17) is 9.47 Å². The molecule has 0 amide bonds. The number of rotatable bonds is 39. The summed E-state index contributed by atoms with van der Waals surface area (Å²) in [7, 11) is 0. The molecule has 0 aliphatic heterocycles. The van der Waals surface area contributed by atoms with Crippen LogP contribution in [0.25, 0.3) is 0 Å². The summed E-state index contributed by atoms with van der Waals surface area (Å²) in [6, 6.07) is 0. The Bertz CT molecular complexity index is 722. The molecular formula is C46H90O4. The molecule has 0 fully saturated rings. The van der Waals surface area contributed by atoms with Gasteiger partial charge in [0.25, 0.3) is 0 Å². The van der Waals surface area contributed by atoms with Gasteiger partial charge >= 0.3 is 11.9 Å². The highest BCUT2D eigenvalue weighted by molar-refractivity contribution is 5.78. The summed E-state index contributed by atoms with van der Waals surface area (Å²) in [5.41, 5.74) is -0.766. The molecule has 0 spiro atoms. The van der Waals surface area contributed by atoms with E-state index in [1.54, 1.807) is 0 Å². The van der Waals surface area contributed by atoms with Gasteiger partial charge in [-0.15, -0.1) is 0 Å². The highest BCUT2D eigenvalue weighted by Gasteiger charge is 2.55. The molecule has 0 aromatic heterocycles. The maximum absolute atomic E-state index is 14.8. The SMILES string of the molecule is CCCCCCCCOC(=O)CCC(CCCCCCCC)(CCCCCCCC)C(CCCC)(CCCC)C(=O)OCCCCCCCC. The quantitative estimate of drug-likeness (QED) is 0.0472. The molecule has 0 unspecified atom stereocenters. The lowest BCUT2D eigenvalue weighted by atomic mass is 9.53. The lowest BCUT2D eigenvalue weighted by molar-refractivity contribution is -0.172. The standard InChI is InChI=1S/C46H90O4/c1-7-13-19-23-27-31-36-45(37-32-28-24-20-14-8-2,40-35-43(47)49-41-33-29-25-21-15-9-3)46(38-17-11-5,39-18-12-6)44(48)50-42-34-30-26-22-16-10-4/h7-42H2,1-6H3. The van der Waals surface area contributed by atoms with Crippen molar-refractivity contribution in [3.8, 4) is 0 Å². The van der Waals surface area contributed by atoms with Crippen LogP contribution in [0.3, 0.4) is 0 Å². The van der Waals surface area contributed by atoms with Crippen LogP contribution < -0.4 is 0 Å². The zero-order chi connectivity index (χ0) is 37.0. The van der Waals surface area contributed by atoms with Crippen molar-refractivity contribution in [2.45, 2.75) is 260 Å². The van der Waals surface area contributed by atoms with E-state index in [2.05, 4.69) is 41.5 Å². The molecule has 0 bridgehead atoms. The number of hydrogen-bond donors (Lipinski definition) is 0. The van der Waals surface area contributed by atoms with Crippen LogP contribution in [0.15, 0.2) is 0 Å². The predicted octanol–water partition coefficient (Wildman–Crippen LogP) is 15.4. The van der Waals surface area contributed by atoms with E-state index in [0.717, 1.165) is 96.3 Å². The lowest BCUT2D eigenvalue weighted by Crippen LogP contribution is -2.49. The second-order valence-electron chi connectivity index (χ2n) is 16.0. The first-order chi connectivity index (χ1) is 24.4. The van der Waals surface area contributed by atoms with Crippen molar-refractivity contribution in [3.05, 3.63) is 0 Å². The molecule has 0 aliphatic rings. The summed E-state index contributed by atoms with van der Waals surface area (Å²) in [5, 5.41) is 0. The van der Waals surface area contributed by atoms with Crippen molar-refractivity contribution < 1.29 is 19.1 Å². The molecule has 0 aromatic carbocycles. The van der Waals surface area contributed by atoms with Crippen molar-refractivity contribution in [3.63, 3.8) is 0 Å². The van der Waals surface area contributed by atoms with E-state index in [-0.39, 0.29) is 17.4 Å². The van der Waals surface area contributed by atoms with Crippen LogP contribution in [0, 0.1) is 10.8 Å². The van der Waals surface area contributed by atoms with Gasteiger partial charge in [0.2, 0.25) is 0 Å². The van der Waals surface area contributed by atoms with Gasteiger partial charge in [0.15, 0.2) is 0 Å². The van der Waals surface area contributed by atoms with Crippen LogP contribution in [-0.2, 0) is 19.1 Å². The van der Waals surface area contributed by atoms with Gasteiger partial charge in [-0.05, 0) is 50.4 Å². The molecule has 0 radical (unpaired) electrons. The number of esters is 2. The fourth-order valence-corrected chi connectivity index (χ4v) is 8.28. The Morgan fingerprint density at radius 3 is 1.10 bits per heavy atom. The second kappa shape index (κ2) is 35.0. The topological polar surface area (TPSA) is 52.6 Å². The highest BCUT2D eigenvalue weighted by atomic mass is 16.5. The van der Waals surface area contributed by atoms with Crippen molar-refractivity contribution in [1.82, 2.24) is 0 Å². The fraction of sp³-hybridized carbons (Fsp3) is 0.957. The first-order valence-corrected chi connectivity index (χ1v) is 22.8. The lowest BCUT2D eigenvalue weighted by Gasteiger charge is -2.50. The number of carbonyl (C=O) groups excluding carboxylic acids is 2. The Balaban J connectivity index is 6.36. The molecule has 0 heterocycles. The second-order valence-corrected chi connectivity index (χ2v) is 16.0. The van der Waals surface area contributed by atoms with Gasteiger partial charge in [0.05, 0.1) is 18.6 Å². The summed E-state index contributed by atoms with van der Waals surface area (Å²) in [6.45, 7) is 14.7. The van der Waals surface area contributed by atoms with E-state index in [9.17, 15) is 9.59 Å². The van der Waals surface area contributed by atoms with Crippen molar-refractivity contribution in [2.24, 2.45) is 10.8 Å². The first-order valence-electron chi connectivity index (χ1n) is 22.8. The molecule has 4 heteroatoms. The largest absolute Gasteiger partial charge is 0.466 e. The van der Waals surface area contributed by atoms with Gasteiger partial charge in [-0.1, -0.05) is 208 Å². The molecular weight excluding hydrogens is 617 g/mol. The third-order valence-corrected chi connectivity index (χ3v) is 11.6. The Morgan fingerprint density at radius 1 is 0.360 bits per heavy atom. The van der Waals surface area contributed by atoms with Crippen molar-refractivity contribution in [2.75, 3.05) is 13.2 Å². The minimum Gasteiger partial charge on any atom is -0.466 e. The maximum atomic E-state index is 14.8. The smallest absolute Gasteiger partial charge is 0.312 e. The van der Waals surface area contributed by atoms with Crippen molar-refractivity contribution in [1.29, 1.82) is 0 Å². The van der Waals surface area contributed by atoms with Gasteiger partial charge in [-0.25, -0.2) is 0 Å². The molecule has 0 rings (SSSR count). The highest BCUT2D eigenvalue weighted by Crippen LogP contribution is 2.57. The van der Waals surface area contributed by atoms with E-state index in [1.807, 2.05) is 0 Å². The summed E-state index contributed by atoms with van der Waals surface area (Å²) >= 11 is 0. The average Bonchev–Trinajstić information content (AvgIpc) is 3.12. The number of carbonyl (C=O) groups is 2. The predicted molar refractivity (Wildman–Crippen MR) is 218 cm³/mol. The van der Waals surface area contributed by atoms with Crippen molar-refractivity contribution >= 4 is 11.9 Å². The Kier molecular flexibility index (Phi) is 34.3. The van der Waals surface area contributed by atoms with Crippen LogP contribution in [0.1, 0.15) is 260 Å². The zero-order valence-electron chi connectivity index (χ0n) is 35.1. The number of ether oxygens (including phenoxy) is 2. The third-order valence-electron chi connectivity index (χ3n) is 11.6. The Hall–Kier alpha value is -1.06. The number of hydrogen-bond acceptors (Lipinski definition) is 4. The minimum atomic E-state index is -0.534. The molecule has 0 aliphatic carbocycles. The van der Waals surface area contributed by atoms with Gasteiger partial charge in [-0.2, -0.15) is 0 Å². The summed E-state index contributed by atoms with van der Waals surface area (Å²) in [6.07, 6.45) is 38.4. The molecule has 0 saturated heterocycles. The van der Waals surface area contributed by atoms with Gasteiger partial charge in [-0.3, -0.25) is 9.59 Å². The molecule has 298 valence electrons. The fourth-order valence-electron chi connectivity index (χ4n) is 8.28. The average molecular weight is 707 g/mol. The first kappa shape index (κ1) is 48.9. The molecule has 0 atom stereocenters. The molecule has 0 saturated carbocycles. The van der Waals surface area contributed by atoms with Crippen LogP contribution in [0.4, 0.5) is 0 Å². The van der Waals surface area contributed by atoms with E-state index in [1.165, 1.54) is 116 Å². The summed E-state index contributed by atoms with van der Waals surface area (Å²) < 4.78 is 12.3. The van der Waals surface area contributed by atoms with Crippen LogP contribution in [0.2, 0.25) is 0 Å². The molecule has 0 N–H and O–H groups in total. The monoisotopic (exact) mass is 707 g/mol. The van der Waals surface area contributed by atoms with E-state index in [0.29, 0.717) is 19.6 Å². The summed E-state index contributed by atoms with van der Waals surface area (Å²) in [5.74, 6) is -0.000440. The van der Waals surface area contributed by atoms with Crippen LogP contribution in [0.5, 0.6) is 0 Å². The molecule has 0 aromatic rings.